The van der Waals surface area contributed by atoms with Crippen LogP contribution in [0.1, 0.15) is 50.3 Å². The van der Waals surface area contributed by atoms with Gasteiger partial charge in [-0.2, -0.15) is 5.10 Å². The second-order valence-corrected chi connectivity index (χ2v) is 6.51. The molecule has 0 radical (unpaired) electrons. The van der Waals surface area contributed by atoms with Crippen LogP contribution in [0.2, 0.25) is 0 Å². The number of fused-ring (bicyclic) bond motifs is 3. The smallest absolute Gasteiger partial charge is 0.187 e. The monoisotopic (exact) mass is 336 g/mol. The number of hydrazone groups is 1. The highest BCUT2D eigenvalue weighted by Crippen LogP contribution is 2.45. The Morgan fingerprint density at radius 1 is 1.16 bits per heavy atom. The largest absolute Gasteiger partial charge is 0.494 e. The summed E-state index contributed by atoms with van der Waals surface area (Å²) in [5.41, 5.74) is 3.49. The Hall–Kier alpha value is -2.49. The van der Waals surface area contributed by atoms with Crippen LogP contribution in [0.4, 0.5) is 0 Å². The van der Waals surface area contributed by atoms with Gasteiger partial charge in [0.2, 0.25) is 0 Å². The van der Waals surface area contributed by atoms with Crippen molar-refractivity contribution in [3.8, 4) is 11.5 Å². The van der Waals surface area contributed by atoms with Gasteiger partial charge >= 0.3 is 0 Å². The Morgan fingerprint density at radius 2 is 2.00 bits per heavy atom. The Labute approximate surface area is 149 Å². The number of hydrogen-bond donors (Lipinski definition) is 0. The summed E-state index contributed by atoms with van der Waals surface area (Å²) >= 11 is 0. The molecular formula is C21H24N2O2. The molecule has 2 aromatic rings. The number of benzene rings is 2. The van der Waals surface area contributed by atoms with Crippen LogP contribution in [0, 0.1) is 0 Å². The minimum absolute atomic E-state index is 0.00153. The summed E-state index contributed by atoms with van der Waals surface area (Å²) in [6.45, 7) is 4.86. The summed E-state index contributed by atoms with van der Waals surface area (Å²) in [4.78, 5) is 0. The second-order valence-electron chi connectivity index (χ2n) is 6.51. The minimum Gasteiger partial charge on any atom is -0.494 e. The average molecular weight is 336 g/mol. The predicted octanol–water partition coefficient (Wildman–Crippen LogP) is 4.76. The molecule has 0 unspecified atom stereocenters. The third-order valence-electron chi connectivity index (χ3n) is 4.79. The van der Waals surface area contributed by atoms with Gasteiger partial charge in [0.15, 0.2) is 6.23 Å². The standard InChI is InChI=1S/C21H24N2O2/c1-3-8-21-23-19(14-18(22-23)15-9-6-5-7-10-15)17-13-16(24-4-2)11-12-20(17)25-21/h5-7,9-13,19,21H,3-4,8,14H2,1-2H3/t19-,21+/m0/s1. The summed E-state index contributed by atoms with van der Waals surface area (Å²) in [5.74, 6) is 1.86. The fraction of sp³-hybridized carbons (Fsp3) is 0.381. The van der Waals surface area contributed by atoms with Gasteiger partial charge in [0.25, 0.3) is 0 Å². The molecule has 2 aliphatic rings. The van der Waals surface area contributed by atoms with Gasteiger partial charge in [-0.15, -0.1) is 0 Å². The van der Waals surface area contributed by atoms with E-state index >= 15 is 0 Å². The van der Waals surface area contributed by atoms with E-state index in [0.29, 0.717) is 6.61 Å². The van der Waals surface area contributed by atoms with Crippen molar-refractivity contribution in [1.29, 1.82) is 0 Å². The molecule has 25 heavy (non-hydrogen) atoms. The first-order chi connectivity index (χ1) is 12.3. The van der Waals surface area contributed by atoms with Gasteiger partial charge in [-0.25, -0.2) is 0 Å². The summed E-state index contributed by atoms with van der Waals surface area (Å²) in [6.07, 6.45) is 2.93. The van der Waals surface area contributed by atoms with E-state index in [0.717, 1.165) is 36.5 Å². The van der Waals surface area contributed by atoms with Gasteiger partial charge in [-0.3, -0.25) is 5.01 Å². The Bertz CT molecular complexity index is 773. The van der Waals surface area contributed by atoms with E-state index in [9.17, 15) is 0 Å². The molecule has 0 N–H and O–H groups in total. The maximum atomic E-state index is 6.27. The Kier molecular flexibility index (Phi) is 4.35. The van der Waals surface area contributed by atoms with E-state index in [4.69, 9.17) is 14.6 Å². The molecule has 0 aliphatic carbocycles. The van der Waals surface area contributed by atoms with Crippen molar-refractivity contribution in [1.82, 2.24) is 5.01 Å². The molecule has 2 aliphatic heterocycles. The summed E-state index contributed by atoms with van der Waals surface area (Å²) in [7, 11) is 0. The molecule has 4 rings (SSSR count). The van der Waals surface area contributed by atoms with Crippen LogP contribution in [0.5, 0.6) is 11.5 Å². The molecule has 2 heterocycles. The molecule has 0 saturated carbocycles. The topological polar surface area (TPSA) is 34.1 Å². The lowest BCUT2D eigenvalue weighted by molar-refractivity contribution is -0.0224. The van der Waals surface area contributed by atoms with Crippen LogP contribution < -0.4 is 9.47 Å². The van der Waals surface area contributed by atoms with Crippen molar-refractivity contribution < 1.29 is 9.47 Å². The molecule has 0 spiro atoms. The Balaban J connectivity index is 1.71. The lowest BCUT2D eigenvalue weighted by atomic mass is 9.96. The van der Waals surface area contributed by atoms with Gasteiger partial charge in [-0.05, 0) is 30.7 Å². The van der Waals surface area contributed by atoms with Gasteiger partial charge in [0.05, 0.1) is 18.4 Å². The molecule has 0 amide bonds. The Morgan fingerprint density at radius 3 is 2.76 bits per heavy atom. The first-order valence-electron chi connectivity index (χ1n) is 9.14. The van der Waals surface area contributed by atoms with E-state index in [-0.39, 0.29) is 12.3 Å². The van der Waals surface area contributed by atoms with Gasteiger partial charge in [0, 0.05) is 18.4 Å². The normalized spacial score (nSPS) is 21.2. The lowest BCUT2D eigenvalue weighted by Crippen LogP contribution is -2.40. The second kappa shape index (κ2) is 6.79. The summed E-state index contributed by atoms with van der Waals surface area (Å²) in [5, 5.41) is 7.10. The highest BCUT2D eigenvalue weighted by Gasteiger charge is 2.39. The predicted molar refractivity (Wildman–Crippen MR) is 99.1 cm³/mol. The first-order valence-corrected chi connectivity index (χ1v) is 9.14. The van der Waals surface area contributed by atoms with E-state index in [2.05, 4.69) is 42.3 Å². The maximum absolute atomic E-state index is 6.27. The first kappa shape index (κ1) is 16.0. The molecule has 0 saturated heterocycles. The molecule has 0 fully saturated rings. The van der Waals surface area contributed by atoms with E-state index < -0.39 is 0 Å². The molecular weight excluding hydrogens is 312 g/mol. The van der Waals surface area contributed by atoms with E-state index in [1.54, 1.807) is 0 Å². The van der Waals surface area contributed by atoms with Crippen LogP contribution in [-0.2, 0) is 0 Å². The lowest BCUT2D eigenvalue weighted by Gasteiger charge is -2.38. The molecule has 4 heteroatoms. The number of rotatable bonds is 5. The quantitative estimate of drug-likeness (QED) is 0.790. The molecule has 4 nitrogen and oxygen atoms in total. The van der Waals surface area contributed by atoms with Crippen molar-refractivity contribution in [3.05, 3.63) is 59.7 Å². The highest BCUT2D eigenvalue weighted by molar-refractivity contribution is 6.01. The average Bonchev–Trinajstić information content (AvgIpc) is 3.09. The third-order valence-corrected chi connectivity index (χ3v) is 4.79. The van der Waals surface area contributed by atoms with Crippen LogP contribution in [0.25, 0.3) is 0 Å². The summed E-state index contributed by atoms with van der Waals surface area (Å²) in [6, 6.07) is 16.8. The molecule has 130 valence electrons. The van der Waals surface area contributed by atoms with Gasteiger partial charge in [0.1, 0.15) is 11.5 Å². The van der Waals surface area contributed by atoms with E-state index in [1.807, 2.05) is 25.1 Å². The van der Waals surface area contributed by atoms with Crippen molar-refractivity contribution in [2.75, 3.05) is 6.61 Å². The zero-order valence-electron chi connectivity index (χ0n) is 14.8. The van der Waals surface area contributed by atoms with Crippen molar-refractivity contribution in [2.45, 2.75) is 45.4 Å². The van der Waals surface area contributed by atoms with Crippen LogP contribution in [-0.4, -0.2) is 23.6 Å². The number of nitrogens with zero attached hydrogens (tertiary/aromatic N) is 2. The van der Waals surface area contributed by atoms with Crippen LogP contribution in [0.15, 0.2) is 53.6 Å². The van der Waals surface area contributed by atoms with E-state index in [1.165, 1.54) is 11.1 Å². The highest BCUT2D eigenvalue weighted by atomic mass is 16.5. The van der Waals surface area contributed by atoms with Crippen LogP contribution >= 0.6 is 0 Å². The molecule has 0 aromatic heterocycles. The molecule has 2 aromatic carbocycles. The van der Waals surface area contributed by atoms with Gasteiger partial charge < -0.3 is 9.47 Å². The summed E-state index contributed by atoms with van der Waals surface area (Å²) < 4.78 is 12.0. The fourth-order valence-electron chi connectivity index (χ4n) is 3.64. The zero-order chi connectivity index (χ0) is 17.2. The van der Waals surface area contributed by atoms with Gasteiger partial charge in [-0.1, -0.05) is 43.7 Å². The van der Waals surface area contributed by atoms with Crippen LogP contribution in [0.3, 0.4) is 0 Å². The molecule has 2 atom stereocenters. The fourth-order valence-corrected chi connectivity index (χ4v) is 3.64. The van der Waals surface area contributed by atoms with Crippen molar-refractivity contribution in [3.63, 3.8) is 0 Å². The minimum atomic E-state index is 0.00153. The molecule has 0 bridgehead atoms. The SMILES string of the molecule is CCC[C@H]1Oc2ccc(OCC)cc2[C@@H]2CC(c3ccccc3)=NN12. The number of hydrogen-bond acceptors (Lipinski definition) is 4. The van der Waals surface area contributed by atoms with Crippen molar-refractivity contribution in [2.24, 2.45) is 5.10 Å². The van der Waals surface area contributed by atoms with Crippen molar-refractivity contribution >= 4 is 5.71 Å². The maximum Gasteiger partial charge on any atom is 0.187 e. The third kappa shape index (κ3) is 2.97. The number of ether oxygens (including phenoxy) is 2. The zero-order valence-corrected chi connectivity index (χ0v) is 14.8.